The standard InChI is InChI=1S/C10H8BrFO2/c11-8-4-5-9(12)7(6-8)2-1-3-10(13)14/h1,3-6H,2H2,(H,13,14). The highest BCUT2D eigenvalue weighted by Crippen LogP contribution is 2.16. The Hall–Kier alpha value is -1.16. The third-order valence-corrected chi connectivity index (χ3v) is 2.10. The SMILES string of the molecule is O=C(O)C=CCc1cc(Br)ccc1F. The van der Waals surface area contributed by atoms with E-state index in [4.69, 9.17) is 5.11 Å². The Balaban J connectivity index is 2.76. The molecule has 0 amide bonds. The molecule has 0 atom stereocenters. The van der Waals surface area contributed by atoms with E-state index in [0.717, 1.165) is 10.5 Å². The molecule has 0 aliphatic heterocycles. The average Bonchev–Trinajstić information content (AvgIpc) is 2.10. The van der Waals surface area contributed by atoms with E-state index in [1.54, 1.807) is 12.1 Å². The van der Waals surface area contributed by atoms with Crippen LogP contribution in [-0.2, 0) is 11.2 Å². The first-order chi connectivity index (χ1) is 6.59. The van der Waals surface area contributed by atoms with E-state index in [1.807, 2.05) is 0 Å². The van der Waals surface area contributed by atoms with Crippen LogP contribution in [0.3, 0.4) is 0 Å². The predicted octanol–water partition coefficient (Wildman–Crippen LogP) is 2.77. The third-order valence-electron chi connectivity index (χ3n) is 1.61. The predicted molar refractivity (Wildman–Crippen MR) is 54.6 cm³/mol. The van der Waals surface area contributed by atoms with Crippen LogP contribution in [0.4, 0.5) is 4.39 Å². The highest BCUT2D eigenvalue weighted by atomic mass is 79.9. The minimum absolute atomic E-state index is 0.275. The highest BCUT2D eigenvalue weighted by Gasteiger charge is 2.00. The smallest absolute Gasteiger partial charge is 0.327 e. The van der Waals surface area contributed by atoms with Gasteiger partial charge in [-0.1, -0.05) is 22.0 Å². The molecule has 1 aromatic carbocycles. The highest BCUT2D eigenvalue weighted by molar-refractivity contribution is 9.10. The summed E-state index contributed by atoms with van der Waals surface area (Å²) < 4.78 is 13.9. The molecule has 0 aliphatic rings. The summed E-state index contributed by atoms with van der Waals surface area (Å²) in [5.41, 5.74) is 0.469. The maximum Gasteiger partial charge on any atom is 0.327 e. The molecule has 0 unspecified atom stereocenters. The summed E-state index contributed by atoms with van der Waals surface area (Å²) in [5, 5.41) is 8.33. The number of hydrogen-bond donors (Lipinski definition) is 1. The van der Waals surface area contributed by atoms with Crippen molar-refractivity contribution in [3.8, 4) is 0 Å². The summed E-state index contributed by atoms with van der Waals surface area (Å²) in [4.78, 5) is 10.2. The van der Waals surface area contributed by atoms with Gasteiger partial charge in [-0.2, -0.15) is 0 Å². The summed E-state index contributed by atoms with van der Waals surface area (Å²) >= 11 is 3.21. The monoisotopic (exact) mass is 258 g/mol. The van der Waals surface area contributed by atoms with Gasteiger partial charge in [0.1, 0.15) is 5.82 Å². The average molecular weight is 259 g/mol. The number of carboxylic acid groups (broad SMARTS) is 1. The van der Waals surface area contributed by atoms with Crippen LogP contribution in [0.2, 0.25) is 0 Å². The topological polar surface area (TPSA) is 37.3 Å². The first kappa shape index (κ1) is 10.9. The molecule has 4 heteroatoms. The summed E-state index contributed by atoms with van der Waals surface area (Å²) in [7, 11) is 0. The fourth-order valence-electron chi connectivity index (χ4n) is 0.986. The van der Waals surface area contributed by atoms with Crippen molar-refractivity contribution >= 4 is 21.9 Å². The second kappa shape index (κ2) is 4.91. The minimum atomic E-state index is -1.03. The molecule has 0 fully saturated rings. The van der Waals surface area contributed by atoms with Crippen molar-refractivity contribution in [2.24, 2.45) is 0 Å². The summed E-state index contributed by atoms with van der Waals surface area (Å²) in [5.74, 6) is -1.36. The van der Waals surface area contributed by atoms with Crippen LogP contribution in [0, 0.1) is 5.82 Å². The lowest BCUT2D eigenvalue weighted by molar-refractivity contribution is -0.131. The van der Waals surface area contributed by atoms with Crippen molar-refractivity contribution in [3.05, 3.63) is 46.2 Å². The second-order valence-corrected chi connectivity index (χ2v) is 3.60. The van der Waals surface area contributed by atoms with Gasteiger partial charge in [0.25, 0.3) is 0 Å². The normalized spacial score (nSPS) is 10.7. The van der Waals surface area contributed by atoms with Crippen LogP contribution in [-0.4, -0.2) is 11.1 Å². The number of halogens is 2. The lowest BCUT2D eigenvalue weighted by Gasteiger charge is -1.99. The number of rotatable bonds is 3. The van der Waals surface area contributed by atoms with Gasteiger partial charge in [0.15, 0.2) is 0 Å². The minimum Gasteiger partial charge on any atom is -0.478 e. The van der Waals surface area contributed by atoms with Crippen molar-refractivity contribution in [1.29, 1.82) is 0 Å². The largest absolute Gasteiger partial charge is 0.478 e. The first-order valence-electron chi connectivity index (χ1n) is 3.93. The van der Waals surface area contributed by atoms with Gasteiger partial charge in [-0.25, -0.2) is 9.18 Å². The Morgan fingerprint density at radius 3 is 2.93 bits per heavy atom. The number of allylic oxidation sites excluding steroid dienone is 1. The Bertz CT molecular complexity index is 374. The number of hydrogen-bond acceptors (Lipinski definition) is 1. The molecule has 0 saturated carbocycles. The summed E-state index contributed by atoms with van der Waals surface area (Å²) in [6.07, 6.45) is 2.69. The van der Waals surface area contributed by atoms with E-state index in [1.165, 1.54) is 12.1 Å². The van der Waals surface area contributed by atoms with Gasteiger partial charge in [0.05, 0.1) is 0 Å². The molecule has 2 nitrogen and oxygen atoms in total. The van der Waals surface area contributed by atoms with Crippen LogP contribution in [0.1, 0.15) is 5.56 Å². The van der Waals surface area contributed by atoms with Crippen LogP contribution in [0.25, 0.3) is 0 Å². The molecule has 0 radical (unpaired) electrons. The van der Waals surface area contributed by atoms with Gasteiger partial charge in [-0.3, -0.25) is 0 Å². The second-order valence-electron chi connectivity index (χ2n) is 2.68. The summed E-state index contributed by atoms with van der Waals surface area (Å²) in [6, 6.07) is 4.56. The van der Waals surface area contributed by atoms with Crippen molar-refractivity contribution in [1.82, 2.24) is 0 Å². The van der Waals surface area contributed by atoms with Gasteiger partial charge in [0.2, 0.25) is 0 Å². The van der Waals surface area contributed by atoms with Crippen molar-refractivity contribution in [3.63, 3.8) is 0 Å². The fourth-order valence-corrected chi connectivity index (χ4v) is 1.39. The Labute approximate surface area is 89.2 Å². The summed E-state index contributed by atoms with van der Waals surface area (Å²) in [6.45, 7) is 0. The molecule has 0 aliphatic carbocycles. The number of carbonyl (C=O) groups is 1. The number of carboxylic acids is 1. The zero-order chi connectivity index (χ0) is 10.6. The maximum atomic E-state index is 13.1. The zero-order valence-corrected chi connectivity index (χ0v) is 8.79. The van der Waals surface area contributed by atoms with Gasteiger partial charge in [0, 0.05) is 10.5 Å². The lowest BCUT2D eigenvalue weighted by Crippen LogP contribution is -1.90. The quantitative estimate of drug-likeness (QED) is 0.847. The van der Waals surface area contributed by atoms with Crippen LogP contribution in [0.5, 0.6) is 0 Å². The van der Waals surface area contributed by atoms with Gasteiger partial charge in [-0.15, -0.1) is 0 Å². The van der Waals surface area contributed by atoms with Gasteiger partial charge in [-0.05, 0) is 30.2 Å². The van der Waals surface area contributed by atoms with Crippen LogP contribution >= 0.6 is 15.9 Å². The van der Waals surface area contributed by atoms with Crippen LogP contribution < -0.4 is 0 Å². The van der Waals surface area contributed by atoms with E-state index >= 15 is 0 Å². The molecular formula is C10H8BrFO2. The molecule has 0 heterocycles. The molecule has 1 rings (SSSR count). The van der Waals surface area contributed by atoms with E-state index in [-0.39, 0.29) is 12.2 Å². The van der Waals surface area contributed by atoms with E-state index < -0.39 is 5.97 Å². The Morgan fingerprint density at radius 1 is 1.57 bits per heavy atom. The molecule has 0 spiro atoms. The maximum absolute atomic E-state index is 13.1. The molecule has 74 valence electrons. The van der Waals surface area contributed by atoms with Crippen molar-refractivity contribution < 1.29 is 14.3 Å². The molecular weight excluding hydrogens is 251 g/mol. The van der Waals surface area contributed by atoms with E-state index in [9.17, 15) is 9.18 Å². The number of benzene rings is 1. The molecule has 1 aromatic rings. The van der Waals surface area contributed by atoms with E-state index in [0.29, 0.717) is 5.56 Å². The lowest BCUT2D eigenvalue weighted by atomic mass is 10.1. The first-order valence-corrected chi connectivity index (χ1v) is 4.72. The van der Waals surface area contributed by atoms with Gasteiger partial charge >= 0.3 is 5.97 Å². The fraction of sp³-hybridized carbons (Fsp3) is 0.100. The molecule has 0 bridgehead atoms. The van der Waals surface area contributed by atoms with E-state index in [2.05, 4.69) is 15.9 Å². The number of aliphatic carboxylic acids is 1. The molecule has 14 heavy (non-hydrogen) atoms. The Morgan fingerprint density at radius 2 is 2.29 bits per heavy atom. The molecule has 0 aromatic heterocycles. The van der Waals surface area contributed by atoms with Crippen molar-refractivity contribution in [2.75, 3.05) is 0 Å². The zero-order valence-electron chi connectivity index (χ0n) is 7.21. The van der Waals surface area contributed by atoms with Crippen LogP contribution in [0.15, 0.2) is 34.8 Å². The molecule has 0 saturated heterocycles. The molecule has 1 N–H and O–H groups in total. The van der Waals surface area contributed by atoms with Gasteiger partial charge < -0.3 is 5.11 Å². The third kappa shape index (κ3) is 3.30. The van der Waals surface area contributed by atoms with Crippen molar-refractivity contribution in [2.45, 2.75) is 6.42 Å². The Kier molecular flexibility index (Phi) is 3.83.